The molecule has 0 saturated carbocycles. The van der Waals surface area contributed by atoms with Crippen molar-refractivity contribution >= 4 is 11.0 Å². The summed E-state index contributed by atoms with van der Waals surface area (Å²) in [5.41, 5.74) is -1.26. The van der Waals surface area contributed by atoms with Crippen molar-refractivity contribution in [3.05, 3.63) is 64.6 Å². The first-order chi connectivity index (χ1) is 9.97. The quantitative estimate of drug-likeness (QED) is 0.744. The fourth-order valence-electron chi connectivity index (χ4n) is 2.20. The third-order valence-electron chi connectivity index (χ3n) is 3.14. The highest BCUT2D eigenvalue weighted by Crippen LogP contribution is 2.36. The Morgan fingerprint density at radius 2 is 1.76 bits per heavy atom. The zero-order chi connectivity index (χ0) is 15.0. The van der Waals surface area contributed by atoms with Gasteiger partial charge in [-0.15, -0.1) is 0 Å². The Morgan fingerprint density at radius 1 is 1.00 bits per heavy atom. The summed E-state index contributed by atoms with van der Waals surface area (Å²) in [7, 11) is 0. The predicted octanol–water partition coefficient (Wildman–Crippen LogP) is 3.61. The molecule has 0 bridgehead atoms. The predicted molar refractivity (Wildman–Crippen MR) is 72.8 cm³/mol. The van der Waals surface area contributed by atoms with Crippen LogP contribution < -0.4 is 5.56 Å². The molecule has 3 aromatic rings. The highest BCUT2D eigenvalue weighted by molar-refractivity contribution is 5.81. The minimum Gasteiger partial charge on any atom is -0.306 e. The Kier molecular flexibility index (Phi) is 3.01. The van der Waals surface area contributed by atoms with E-state index < -0.39 is 17.3 Å². The fraction of sp³-hybridized carbons (Fsp3) is 0.0667. The number of nitrogens with zero attached hydrogens (tertiary/aromatic N) is 1. The number of aromatic nitrogens is 2. The summed E-state index contributed by atoms with van der Waals surface area (Å²) >= 11 is 0. The van der Waals surface area contributed by atoms with Gasteiger partial charge in [-0.1, -0.05) is 18.2 Å². The van der Waals surface area contributed by atoms with Gasteiger partial charge in [-0.3, -0.25) is 4.79 Å². The molecule has 21 heavy (non-hydrogen) atoms. The van der Waals surface area contributed by atoms with Crippen LogP contribution in [0.2, 0.25) is 0 Å². The summed E-state index contributed by atoms with van der Waals surface area (Å²) in [5, 5.41) is 0.573. The second kappa shape index (κ2) is 4.73. The number of nitrogens with one attached hydrogen (secondary N) is 1. The molecule has 0 unspecified atom stereocenters. The molecule has 2 heterocycles. The molecule has 0 saturated heterocycles. The van der Waals surface area contributed by atoms with Crippen LogP contribution in [0, 0.1) is 0 Å². The lowest BCUT2D eigenvalue weighted by atomic mass is 10.00. The first-order valence-corrected chi connectivity index (χ1v) is 6.11. The standard InChI is InChI=1S/C15H9F3N2O/c16-15(17,18)12-6-2-1-5-10(12)11-8-9-4-3-7-19-13(9)20-14(11)21/h1-8H,(H,19,20,21). The largest absolute Gasteiger partial charge is 0.417 e. The van der Waals surface area contributed by atoms with Crippen molar-refractivity contribution in [1.82, 2.24) is 9.97 Å². The topological polar surface area (TPSA) is 45.8 Å². The molecular weight excluding hydrogens is 281 g/mol. The fourth-order valence-corrected chi connectivity index (χ4v) is 2.20. The second-order valence-corrected chi connectivity index (χ2v) is 4.50. The third kappa shape index (κ3) is 2.40. The van der Waals surface area contributed by atoms with Crippen LogP contribution in [0.3, 0.4) is 0 Å². The number of pyridine rings is 2. The Balaban J connectivity index is 2.31. The molecule has 6 heteroatoms. The number of hydrogen-bond acceptors (Lipinski definition) is 2. The maximum Gasteiger partial charge on any atom is 0.417 e. The number of alkyl halides is 3. The molecule has 0 aliphatic heterocycles. The van der Waals surface area contributed by atoms with Crippen LogP contribution in [0.1, 0.15) is 5.56 Å². The summed E-state index contributed by atoms with van der Waals surface area (Å²) in [6.45, 7) is 0. The molecule has 3 nitrogen and oxygen atoms in total. The number of halogens is 3. The summed E-state index contributed by atoms with van der Waals surface area (Å²) in [6, 6.07) is 9.77. The van der Waals surface area contributed by atoms with Crippen LogP contribution in [0.4, 0.5) is 13.2 Å². The van der Waals surface area contributed by atoms with E-state index in [0.717, 1.165) is 6.07 Å². The van der Waals surface area contributed by atoms with Gasteiger partial charge in [0.05, 0.1) is 5.56 Å². The van der Waals surface area contributed by atoms with Gasteiger partial charge < -0.3 is 4.98 Å². The van der Waals surface area contributed by atoms with E-state index >= 15 is 0 Å². The van der Waals surface area contributed by atoms with E-state index in [-0.39, 0.29) is 11.1 Å². The summed E-state index contributed by atoms with van der Waals surface area (Å²) < 4.78 is 39.2. The molecule has 0 spiro atoms. The SMILES string of the molecule is O=c1[nH]c2ncccc2cc1-c1ccccc1C(F)(F)F. The Hall–Kier alpha value is -2.63. The van der Waals surface area contributed by atoms with Crippen molar-refractivity contribution in [1.29, 1.82) is 0 Å². The van der Waals surface area contributed by atoms with Crippen molar-refractivity contribution in [2.75, 3.05) is 0 Å². The van der Waals surface area contributed by atoms with Crippen molar-refractivity contribution in [3.8, 4) is 11.1 Å². The van der Waals surface area contributed by atoms with Crippen molar-refractivity contribution < 1.29 is 13.2 Å². The lowest BCUT2D eigenvalue weighted by Gasteiger charge is -2.12. The molecule has 0 aliphatic rings. The van der Waals surface area contributed by atoms with Crippen LogP contribution in [-0.2, 0) is 6.18 Å². The third-order valence-corrected chi connectivity index (χ3v) is 3.14. The molecule has 106 valence electrons. The van der Waals surface area contributed by atoms with Crippen molar-refractivity contribution in [3.63, 3.8) is 0 Å². The average molecular weight is 290 g/mol. The number of H-pyrrole nitrogens is 1. The van der Waals surface area contributed by atoms with Crippen LogP contribution in [0.15, 0.2) is 53.5 Å². The van der Waals surface area contributed by atoms with E-state index in [1.807, 2.05) is 0 Å². The van der Waals surface area contributed by atoms with Gasteiger partial charge in [-0.2, -0.15) is 13.2 Å². The summed E-state index contributed by atoms with van der Waals surface area (Å²) in [5.74, 6) is 0. The first kappa shape index (κ1) is 13.4. The molecule has 0 radical (unpaired) electrons. The van der Waals surface area contributed by atoms with Gasteiger partial charge in [-0.25, -0.2) is 4.98 Å². The van der Waals surface area contributed by atoms with E-state index in [4.69, 9.17) is 0 Å². The molecule has 1 aromatic carbocycles. The van der Waals surface area contributed by atoms with Crippen molar-refractivity contribution in [2.24, 2.45) is 0 Å². The smallest absolute Gasteiger partial charge is 0.306 e. The number of fused-ring (bicyclic) bond motifs is 1. The van der Waals surface area contributed by atoms with Gasteiger partial charge in [-0.05, 0) is 29.8 Å². The lowest BCUT2D eigenvalue weighted by molar-refractivity contribution is -0.137. The number of hydrogen-bond donors (Lipinski definition) is 1. The minimum absolute atomic E-state index is 0.0246. The van der Waals surface area contributed by atoms with Crippen LogP contribution >= 0.6 is 0 Å². The Labute approximate surface area is 117 Å². The zero-order valence-corrected chi connectivity index (χ0v) is 10.6. The van der Waals surface area contributed by atoms with E-state index in [9.17, 15) is 18.0 Å². The van der Waals surface area contributed by atoms with Gasteiger partial charge in [0.25, 0.3) is 5.56 Å². The monoisotopic (exact) mass is 290 g/mol. The maximum atomic E-state index is 13.1. The molecule has 2 aromatic heterocycles. The van der Waals surface area contributed by atoms with Crippen LogP contribution in [0.25, 0.3) is 22.2 Å². The average Bonchev–Trinajstić information content (AvgIpc) is 2.45. The van der Waals surface area contributed by atoms with Crippen molar-refractivity contribution in [2.45, 2.75) is 6.18 Å². The van der Waals surface area contributed by atoms with E-state index in [0.29, 0.717) is 11.0 Å². The highest BCUT2D eigenvalue weighted by Gasteiger charge is 2.33. The first-order valence-electron chi connectivity index (χ1n) is 6.11. The molecule has 0 aliphatic carbocycles. The second-order valence-electron chi connectivity index (χ2n) is 4.50. The van der Waals surface area contributed by atoms with Gasteiger partial charge in [0, 0.05) is 17.1 Å². The van der Waals surface area contributed by atoms with E-state index in [1.165, 1.54) is 30.5 Å². The summed E-state index contributed by atoms with van der Waals surface area (Å²) in [4.78, 5) is 18.5. The number of benzene rings is 1. The van der Waals surface area contributed by atoms with Crippen LogP contribution in [-0.4, -0.2) is 9.97 Å². The normalized spacial score (nSPS) is 11.8. The Morgan fingerprint density at radius 3 is 2.52 bits per heavy atom. The molecule has 0 amide bonds. The van der Waals surface area contributed by atoms with Gasteiger partial charge in [0.1, 0.15) is 5.65 Å². The van der Waals surface area contributed by atoms with E-state index in [2.05, 4.69) is 9.97 Å². The lowest BCUT2D eigenvalue weighted by Crippen LogP contribution is -2.13. The van der Waals surface area contributed by atoms with Gasteiger partial charge in [0.15, 0.2) is 0 Å². The zero-order valence-electron chi connectivity index (χ0n) is 10.6. The number of aromatic amines is 1. The molecule has 1 N–H and O–H groups in total. The molecule has 0 fully saturated rings. The van der Waals surface area contributed by atoms with E-state index in [1.54, 1.807) is 12.1 Å². The molecule has 0 atom stereocenters. The summed E-state index contributed by atoms with van der Waals surface area (Å²) in [6.07, 6.45) is -3.02. The van der Waals surface area contributed by atoms with Gasteiger partial charge >= 0.3 is 6.18 Å². The maximum absolute atomic E-state index is 13.1. The van der Waals surface area contributed by atoms with Gasteiger partial charge in [0.2, 0.25) is 0 Å². The highest BCUT2D eigenvalue weighted by atomic mass is 19.4. The molecular formula is C15H9F3N2O. The number of rotatable bonds is 1. The Bertz CT molecular complexity index is 868. The molecule has 3 rings (SSSR count). The van der Waals surface area contributed by atoms with Crippen LogP contribution in [0.5, 0.6) is 0 Å². The minimum atomic E-state index is -4.52.